The fourth-order valence-electron chi connectivity index (χ4n) is 1.63. The van der Waals surface area contributed by atoms with Crippen LogP contribution in [0.3, 0.4) is 0 Å². The van der Waals surface area contributed by atoms with Crippen LogP contribution >= 0.6 is 11.8 Å². The zero-order chi connectivity index (χ0) is 14.7. The van der Waals surface area contributed by atoms with Crippen molar-refractivity contribution in [1.82, 2.24) is 0 Å². The molecule has 0 aliphatic heterocycles. The van der Waals surface area contributed by atoms with E-state index >= 15 is 0 Å². The van der Waals surface area contributed by atoms with Gasteiger partial charge in [0.25, 0.3) is 0 Å². The fourth-order valence-corrected chi connectivity index (χ4v) is 2.56. The van der Waals surface area contributed by atoms with Gasteiger partial charge in [0, 0.05) is 5.56 Å². The number of amidine groups is 1. The van der Waals surface area contributed by atoms with Gasteiger partial charge in [0.2, 0.25) is 0 Å². The number of nitrogens with one attached hydrogen (secondary N) is 1. The summed E-state index contributed by atoms with van der Waals surface area (Å²) in [5.41, 5.74) is 5.24. The van der Waals surface area contributed by atoms with Gasteiger partial charge in [-0.25, -0.2) is 8.78 Å². The summed E-state index contributed by atoms with van der Waals surface area (Å²) in [4.78, 5) is 0.447. The average molecular weight is 294 g/mol. The molecule has 0 aliphatic rings. The monoisotopic (exact) mass is 294 g/mol. The van der Waals surface area contributed by atoms with Crippen molar-refractivity contribution < 1.29 is 13.5 Å². The van der Waals surface area contributed by atoms with Crippen LogP contribution in [0.1, 0.15) is 5.56 Å². The van der Waals surface area contributed by atoms with Crippen LogP contribution in [0.25, 0.3) is 0 Å². The van der Waals surface area contributed by atoms with Crippen LogP contribution in [0.5, 0.6) is 5.75 Å². The first-order chi connectivity index (χ1) is 9.52. The van der Waals surface area contributed by atoms with Crippen molar-refractivity contribution in [2.75, 3.05) is 7.11 Å². The molecule has 2 aromatic carbocycles. The summed E-state index contributed by atoms with van der Waals surface area (Å²) in [5.74, 6) is -1.36. The molecule has 0 amide bonds. The van der Waals surface area contributed by atoms with E-state index < -0.39 is 11.6 Å². The maximum atomic E-state index is 13.9. The molecule has 0 spiro atoms. The van der Waals surface area contributed by atoms with E-state index in [4.69, 9.17) is 15.9 Å². The molecule has 0 radical (unpaired) electrons. The van der Waals surface area contributed by atoms with Crippen molar-refractivity contribution in [2.24, 2.45) is 5.73 Å². The molecule has 6 heteroatoms. The average Bonchev–Trinajstić information content (AvgIpc) is 2.42. The van der Waals surface area contributed by atoms with Crippen LogP contribution in [0.2, 0.25) is 0 Å². The van der Waals surface area contributed by atoms with Crippen LogP contribution in [0.15, 0.2) is 46.2 Å². The molecular weight excluding hydrogens is 282 g/mol. The first-order valence-electron chi connectivity index (χ1n) is 5.67. The Hall–Kier alpha value is -2.08. The zero-order valence-corrected chi connectivity index (χ0v) is 11.4. The second-order valence-corrected chi connectivity index (χ2v) is 4.99. The summed E-state index contributed by atoms with van der Waals surface area (Å²) in [6.07, 6.45) is 0. The van der Waals surface area contributed by atoms with Crippen molar-refractivity contribution in [3.05, 3.63) is 53.6 Å². The Morgan fingerprint density at radius 2 is 1.80 bits per heavy atom. The van der Waals surface area contributed by atoms with Gasteiger partial charge in [0.15, 0.2) is 0 Å². The van der Waals surface area contributed by atoms with Gasteiger partial charge in [-0.3, -0.25) is 5.41 Å². The lowest BCUT2D eigenvalue weighted by Crippen LogP contribution is -2.12. The van der Waals surface area contributed by atoms with Gasteiger partial charge in [-0.05, 0) is 24.3 Å². The van der Waals surface area contributed by atoms with Gasteiger partial charge in [-0.15, -0.1) is 0 Å². The molecule has 0 aliphatic carbocycles. The normalized spacial score (nSPS) is 10.3. The molecule has 0 fully saturated rings. The Morgan fingerprint density at radius 3 is 2.35 bits per heavy atom. The van der Waals surface area contributed by atoms with E-state index in [9.17, 15) is 8.78 Å². The number of nitrogen functional groups attached to an aromatic ring is 1. The molecule has 104 valence electrons. The number of halogens is 2. The highest BCUT2D eigenvalue weighted by atomic mass is 32.2. The lowest BCUT2D eigenvalue weighted by Gasteiger charge is -2.10. The third-order valence-electron chi connectivity index (χ3n) is 2.59. The minimum absolute atomic E-state index is 0.0179. The first kappa shape index (κ1) is 14.3. The minimum atomic E-state index is -0.758. The van der Waals surface area contributed by atoms with Gasteiger partial charge >= 0.3 is 0 Å². The van der Waals surface area contributed by atoms with E-state index in [1.54, 1.807) is 24.3 Å². The number of benzene rings is 2. The van der Waals surface area contributed by atoms with Crippen LogP contribution in [-0.4, -0.2) is 12.9 Å². The third kappa shape index (κ3) is 2.91. The predicted molar refractivity (Wildman–Crippen MR) is 74.5 cm³/mol. The molecule has 0 saturated carbocycles. The van der Waals surface area contributed by atoms with Crippen LogP contribution in [0.4, 0.5) is 8.78 Å². The predicted octanol–water partition coefficient (Wildman–Crippen LogP) is 3.41. The summed E-state index contributed by atoms with van der Waals surface area (Å²) in [6.45, 7) is 0. The van der Waals surface area contributed by atoms with Gasteiger partial charge in [-0.1, -0.05) is 23.9 Å². The fraction of sp³-hybridized carbons (Fsp3) is 0.0714. The van der Waals surface area contributed by atoms with Crippen molar-refractivity contribution in [3.63, 3.8) is 0 Å². The van der Waals surface area contributed by atoms with Crippen molar-refractivity contribution in [1.29, 1.82) is 5.41 Å². The molecule has 3 N–H and O–H groups in total. The summed E-state index contributed by atoms with van der Waals surface area (Å²) in [6, 6.07) is 9.04. The van der Waals surface area contributed by atoms with Crippen LogP contribution < -0.4 is 10.5 Å². The maximum Gasteiger partial charge on any atom is 0.140 e. The van der Waals surface area contributed by atoms with Gasteiger partial charge < -0.3 is 10.5 Å². The Bertz CT molecular complexity index is 638. The molecular formula is C14H12F2N2OS. The molecule has 0 unspecified atom stereocenters. The van der Waals surface area contributed by atoms with E-state index in [-0.39, 0.29) is 16.3 Å². The number of para-hydroxylation sites is 1. The van der Waals surface area contributed by atoms with Crippen molar-refractivity contribution in [2.45, 2.75) is 9.79 Å². The topological polar surface area (TPSA) is 59.1 Å². The Labute approximate surface area is 119 Å². The van der Waals surface area contributed by atoms with E-state index in [0.29, 0.717) is 10.6 Å². The second-order valence-electron chi connectivity index (χ2n) is 3.94. The highest BCUT2D eigenvalue weighted by molar-refractivity contribution is 7.99. The van der Waals surface area contributed by atoms with Crippen LogP contribution in [0, 0.1) is 17.0 Å². The molecule has 3 nitrogen and oxygen atoms in total. The van der Waals surface area contributed by atoms with E-state index in [1.165, 1.54) is 7.11 Å². The molecule has 0 heterocycles. The van der Waals surface area contributed by atoms with Gasteiger partial charge in [-0.2, -0.15) is 0 Å². The van der Waals surface area contributed by atoms with E-state index in [1.807, 2.05) is 0 Å². The SMILES string of the molecule is COc1ccccc1Sc1c(F)cc(C(=N)N)cc1F. The van der Waals surface area contributed by atoms with E-state index in [2.05, 4.69) is 0 Å². The summed E-state index contributed by atoms with van der Waals surface area (Å²) < 4.78 is 33.0. The lowest BCUT2D eigenvalue weighted by atomic mass is 10.2. The smallest absolute Gasteiger partial charge is 0.140 e. The quantitative estimate of drug-likeness (QED) is 0.671. The molecule has 2 aromatic rings. The molecule has 2 rings (SSSR count). The largest absolute Gasteiger partial charge is 0.496 e. The molecule has 0 bridgehead atoms. The highest BCUT2D eigenvalue weighted by Crippen LogP contribution is 2.37. The summed E-state index contributed by atoms with van der Waals surface area (Å²) in [5, 5.41) is 7.20. The van der Waals surface area contributed by atoms with Crippen molar-refractivity contribution in [3.8, 4) is 5.75 Å². The standard InChI is InChI=1S/C14H12F2N2OS/c1-19-11-4-2-3-5-12(11)20-13-9(15)6-8(14(17)18)7-10(13)16/h2-7H,1H3,(H3,17,18). The first-order valence-corrected chi connectivity index (χ1v) is 6.49. The van der Waals surface area contributed by atoms with Crippen LogP contribution in [-0.2, 0) is 0 Å². The number of nitrogens with two attached hydrogens (primary N) is 1. The van der Waals surface area contributed by atoms with Gasteiger partial charge in [0.1, 0.15) is 23.2 Å². The number of methoxy groups -OCH3 is 1. The molecule has 0 aromatic heterocycles. The Morgan fingerprint density at radius 1 is 1.20 bits per heavy atom. The summed E-state index contributed by atoms with van der Waals surface area (Å²) in [7, 11) is 1.49. The maximum absolute atomic E-state index is 13.9. The van der Waals surface area contributed by atoms with E-state index in [0.717, 1.165) is 23.9 Å². The molecule has 0 saturated heterocycles. The third-order valence-corrected chi connectivity index (χ3v) is 3.74. The van der Waals surface area contributed by atoms with Crippen molar-refractivity contribution >= 4 is 17.6 Å². The Balaban J connectivity index is 2.41. The minimum Gasteiger partial charge on any atom is -0.496 e. The second kappa shape index (κ2) is 5.92. The highest BCUT2D eigenvalue weighted by Gasteiger charge is 2.15. The number of ether oxygens (including phenoxy) is 1. The molecule has 0 atom stereocenters. The number of hydrogen-bond donors (Lipinski definition) is 2. The number of hydrogen-bond acceptors (Lipinski definition) is 3. The lowest BCUT2D eigenvalue weighted by molar-refractivity contribution is 0.404. The number of rotatable bonds is 4. The molecule has 20 heavy (non-hydrogen) atoms. The Kier molecular flexibility index (Phi) is 4.24. The van der Waals surface area contributed by atoms with Gasteiger partial charge in [0.05, 0.1) is 16.9 Å². The summed E-state index contributed by atoms with van der Waals surface area (Å²) >= 11 is 0.926. The zero-order valence-electron chi connectivity index (χ0n) is 10.6.